The minimum absolute atomic E-state index is 0.844. The maximum absolute atomic E-state index is 4.46. The molecular weight excluding hydrogens is 294 g/mol. The second-order valence-electron chi connectivity index (χ2n) is 4.02. The largest absolute Gasteiger partial charge is 0.367 e. The minimum Gasteiger partial charge on any atom is -0.367 e. The maximum atomic E-state index is 4.46. The number of anilines is 1. The summed E-state index contributed by atoms with van der Waals surface area (Å²) < 4.78 is 2.64. The van der Waals surface area contributed by atoms with Crippen LogP contribution in [0.4, 0.5) is 5.82 Å². The summed E-state index contributed by atoms with van der Waals surface area (Å²) in [5, 5.41) is 7.79. The Hall–Kier alpha value is -1.14. The van der Waals surface area contributed by atoms with Gasteiger partial charge in [0.15, 0.2) is 5.65 Å². The molecule has 0 aromatic carbocycles. The summed E-state index contributed by atoms with van der Waals surface area (Å²) in [5.74, 6) is 0.869. The summed E-state index contributed by atoms with van der Waals surface area (Å²) >= 11 is 3.42. The van der Waals surface area contributed by atoms with E-state index in [1.807, 2.05) is 12.1 Å². The number of nitrogens with zero attached hydrogens (tertiary/aromatic N) is 4. The van der Waals surface area contributed by atoms with Crippen molar-refractivity contribution in [2.45, 2.75) is 13.8 Å². The molecule has 6 heteroatoms. The first-order valence-corrected chi connectivity index (χ1v) is 7.00. The van der Waals surface area contributed by atoms with Crippen molar-refractivity contribution < 1.29 is 0 Å². The number of hydrogen-bond acceptors (Lipinski definition) is 4. The van der Waals surface area contributed by atoms with Gasteiger partial charge in [0, 0.05) is 13.1 Å². The Bertz CT molecular complexity index is 506. The molecule has 0 unspecified atom stereocenters. The Morgan fingerprint density at radius 3 is 2.83 bits per heavy atom. The molecule has 0 saturated heterocycles. The predicted octanol–water partition coefficient (Wildman–Crippen LogP) is 2.25. The summed E-state index contributed by atoms with van der Waals surface area (Å²) in [6, 6.07) is 3.91. The molecule has 0 aliphatic rings. The molecule has 0 bridgehead atoms. The second-order valence-corrected chi connectivity index (χ2v) is 4.84. The monoisotopic (exact) mass is 311 g/mol. The molecule has 0 spiro atoms. The van der Waals surface area contributed by atoms with Gasteiger partial charge in [0.2, 0.25) is 0 Å². The molecule has 2 heterocycles. The van der Waals surface area contributed by atoms with Crippen LogP contribution >= 0.6 is 15.9 Å². The first kappa shape index (κ1) is 13.3. The van der Waals surface area contributed by atoms with Crippen molar-refractivity contribution in [1.82, 2.24) is 19.5 Å². The van der Waals surface area contributed by atoms with E-state index in [-0.39, 0.29) is 0 Å². The fraction of sp³-hybridized carbons (Fsp3) is 0.500. The van der Waals surface area contributed by atoms with Gasteiger partial charge in [0.05, 0.1) is 6.20 Å². The van der Waals surface area contributed by atoms with Gasteiger partial charge in [0.25, 0.3) is 0 Å². The van der Waals surface area contributed by atoms with Gasteiger partial charge in [-0.25, -0.2) is 9.50 Å². The Balaban J connectivity index is 1.97. The van der Waals surface area contributed by atoms with Crippen LogP contribution in [0, 0.1) is 0 Å². The molecule has 0 aliphatic heterocycles. The molecule has 2 aromatic heterocycles. The summed E-state index contributed by atoms with van der Waals surface area (Å²) in [6.07, 6.45) is 1.75. The lowest BCUT2D eigenvalue weighted by Crippen LogP contribution is -2.28. The number of hydrogen-bond donors (Lipinski definition) is 1. The fourth-order valence-corrected chi connectivity index (χ4v) is 2.18. The molecule has 0 atom stereocenters. The highest BCUT2D eigenvalue weighted by molar-refractivity contribution is 9.10. The molecule has 1 N–H and O–H groups in total. The molecular formula is C12H18BrN5. The van der Waals surface area contributed by atoms with E-state index in [1.165, 1.54) is 0 Å². The number of nitrogens with one attached hydrogen (secondary N) is 1. The molecule has 0 radical (unpaired) electrons. The van der Waals surface area contributed by atoms with Crippen molar-refractivity contribution in [2.24, 2.45) is 0 Å². The number of aromatic nitrogens is 3. The first-order chi connectivity index (χ1) is 8.74. The predicted molar refractivity (Wildman–Crippen MR) is 77.0 cm³/mol. The Kier molecular flexibility index (Phi) is 4.54. The first-order valence-electron chi connectivity index (χ1n) is 6.21. The highest BCUT2D eigenvalue weighted by Gasteiger charge is 2.03. The molecule has 2 aromatic rings. The second kappa shape index (κ2) is 6.15. The zero-order valence-corrected chi connectivity index (χ0v) is 12.3. The molecule has 0 amide bonds. The van der Waals surface area contributed by atoms with E-state index in [2.05, 4.69) is 50.1 Å². The molecule has 0 saturated carbocycles. The van der Waals surface area contributed by atoms with E-state index in [1.54, 1.807) is 10.7 Å². The third-order valence-corrected chi connectivity index (χ3v) is 3.49. The van der Waals surface area contributed by atoms with Gasteiger partial charge in [-0.1, -0.05) is 13.8 Å². The van der Waals surface area contributed by atoms with E-state index >= 15 is 0 Å². The van der Waals surface area contributed by atoms with Crippen molar-refractivity contribution in [1.29, 1.82) is 0 Å². The van der Waals surface area contributed by atoms with Crippen LogP contribution in [0.5, 0.6) is 0 Å². The summed E-state index contributed by atoms with van der Waals surface area (Å²) in [4.78, 5) is 6.59. The van der Waals surface area contributed by atoms with Crippen LogP contribution in [0.3, 0.4) is 0 Å². The van der Waals surface area contributed by atoms with Crippen LogP contribution in [0.1, 0.15) is 13.8 Å². The summed E-state index contributed by atoms with van der Waals surface area (Å²) in [7, 11) is 0. The van der Waals surface area contributed by atoms with Crippen molar-refractivity contribution in [3.63, 3.8) is 0 Å². The average Bonchev–Trinajstić information content (AvgIpc) is 2.76. The number of rotatable bonds is 6. The lowest BCUT2D eigenvalue weighted by molar-refractivity contribution is 0.316. The minimum atomic E-state index is 0.844. The van der Waals surface area contributed by atoms with Crippen molar-refractivity contribution >= 4 is 27.4 Å². The van der Waals surface area contributed by atoms with Gasteiger partial charge >= 0.3 is 0 Å². The molecule has 0 aliphatic carbocycles. The lowest BCUT2D eigenvalue weighted by Gasteiger charge is -2.18. The van der Waals surface area contributed by atoms with Crippen molar-refractivity contribution in [3.05, 3.63) is 22.9 Å². The molecule has 98 valence electrons. The molecule has 0 fully saturated rings. The summed E-state index contributed by atoms with van der Waals surface area (Å²) in [6.45, 7) is 8.44. The van der Waals surface area contributed by atoms with Crippen molar-refractivity contribution in [2.75, 3.05) is 31.5 Å². The third-order valence-electron chi connectivity index (χ3n) is 2.95. The van der Waals surface area contributed by atoms with E-state index in [0.29, 0.717) is 0 Å². The Labute approximate surface area is 115 Å². The highest BCUT2D eigenvalue weighted by atomic mass is 79.9. The van der Waals surface area contributed by atoms with Crippen LogP contribution in [-0.4, -0.2) is 45.7 Å². The van der Waals surface area contributed by atoms with Crippen LogP contribution < -0.4 is 5.32 Å². The molecule has 2 rings (SSSR count). The maximum Gasteiger partial charge on any atom is 0.154 e. The van der Waals surface area contributed by atoms with Crippen LogP contribution in [0.2, 0.25) is 0 Å². The average molecular weight is 312 g/mol. The van der Waals surface area contributed by atoms with Crippen LogP contribution in [-0.2, 0) is 0 Å². The standard InChI is InChI=1S/C12H18BrN5/c1-3-17(4-2)8-7-14-11-5-6-12-15-9-10(13)18(12)16-11/h5-6,9H,3-4,7-8H2,1-2H3,(H,14,16). The zero-order chi connectivity index (χ0) is 13.0. The number of likely N-dealkylation sites (N-methyl/N-ethyl adjacent to an activating group) is 1. The lowest BCUT2D eigenvalue weighted by atomic mass is 10.4. The van der Waals surface area contributed by atoms with Gasteiger partial charge in [-0.3, -0.25) is 0 Å². The molecule has 5 nitrogen and oxygen atoms in total. The van der Waals surface area contributed by atoms with E-state index in [0.717, 1.165) is 42.2 Å². The van der Waals surface area contributed by atoms with Gasteiger partial charge < -0.3 is 10.2 Å². The van der Waals surface area contributed by atoms with Crippen molar-refractivity contribution in [3.8, 4) is 0 Å². The van der Waals surface area contributed by atoms with E-state index < -0.39 is 0 Å². The normalized spacial score (nSPS) is 11.3. The Morgan fingerprint density at radius 1 is 1.33 bits per heavy atom. The number of fused-ring (bicyclic) bond motifs is 1. The SMILES string of the molecule is CCN(CC)CCNc1ccc2ncc(Br)n2n1. The van der Waals surface area contributed by atoms with Crippen LogP contribution in [0.15, 0.2) is 22.9 Å². The smallest absolute Gasteiger partial charge is 0.154 e. The zero-order valence-electron chi connectivity index (χ0n) is 10.7. The fourth-order valence-electron chi connectivity index (χ4n) is 1.82. The molecule has 18 heavy (non-hydrogen) atoms. The number of halogens is 1. The van der Waals surface area contributed by atoms with Crippen LogP contribution in [0.25, 0.3) is 5.65 Å². The highest BCUT2D eigenvalue weighted by Crippen LogP contribution is 2.13. The third kappa shape index (κ3) is 3.00. The van der Waals surface area contributed by atoms with Gasteiger partial charge in [0.1, 0.15) is 10.4 Å². The van der Waals surface area contributed by atoms with Gasteiger partial charge in [-0.2, -0.15) is 0 Å². The van der Waals surface area contributed by atoms with E-state index in [9.17, 15) is 0 Å². The topological polar surface area (TPSA) is 45.5 Å². The van der Waals surface area contributed by atoms with Gasteiger partial charge in [-0.05, 0) is 41.2 Å². The number of imidazole rings is 1. The van der Waals surface area contributed by atoms with Gasteiger partial charge in [-0.15, -0.1) is 5.10 Å². The van der Waals surface area contributed by atoms with E-state index in [4.69, 9.17) is 0 Å². The summed E-state index contributed by atoms with van der Waals surface area (Å²) in [5.41, 5.74) is 0.844. The quantitative estimate of drug-likeness (QED) is 0.888. The Morgan fingerprint density at radius 2 is 2.11 bits per heavy atom.